The number of hydrogen-bond acceptors (Lipinski definition) is 6. The van der Waals surface area contributed by atoms with Crippen LogP contribution < -0.4 is 18.5 Å². The molecule has 0 amide bonds. The minimum Gasteiger partial charge on any atom is -0.497 e. The fraction of sp³-hybridized carbons (Fsp3) is 0.333. The van der Waals surface area contributed by atoms with Crippen molar-refractivity contribution < 1.29 is 26.3 Å². The maximum atomic E-state index is 12.9. The van der Waals surface area contributed by atoms with E-state index >= 15 is 0 Å². The normalized spacial score (nSPS) is 16.0. The quantitative estimate of drug-likeness (QED) is 0.761. The molecule has 2 aromatic carbocycles. The lowest BCUT2D eigenvalue weighted by molar-refractivity contribution is 0.386. The lowest BCUT2D eigenvalue weighted by Gasteiger charge is -2.19. The van der Waals surface area contributed by atoms with Crippen molar-refractivity contribution in [3.8, 4) is 11.5 Å². The highest BCUT2D eigenvalue weighted by molar-refractivity contribution is 7.93. The van der Waals surface area contributed by atoms with E-state index in [1.165, 1.54) is 42.8 Å². The molecule has 8 nitrogen and oxygen atoms in total. The molecule has 1 fully saturated rings. The average molecular weight is 427 g/mol. The number of methoxy groups -OCH3 is 2. The third-order valence-electron chi connectivity index (χ3n) is 4.51. The number of rotatable bonds is 6. The zero-order chi connectivity index (χ0) is 20.5. The number of aryl methyl sites for hydroxylation is 1. The molecule has 1 saturated heterocycles. The molecule has 1 N–H and O–H groups in total. The first-order valence-corrected chi connectivity index (χ1v) is 11.6. The summed E-state index contributed by atoms with van der Waals surface area (Å²) >= 11 is 0. The summed E-state index contributed by atoms with van der Waals surface area (Å²) in [5, 5.41) is 0. The van der Waals surface area contributed by atoms with Crippen LogP contribution >= 0.6 is 0 Å². The highest BCUT2D eigenvalue weighted by atomic mass is 32.2. The summed E-state index contributed by atoms with van der Waals surface area (Å²) in [7, 11) is -4.49. The molecule has 0 unspecified atom stereocenters. The molecule has 0 atom stereocenters. The molecule has 0 aromatic heterocycles. The maximum absolute atomic E-state index is 12.9. The number of sulfonamides is 2. The molecule has 1 aliphatic heterocycles. The lowest BCUT2D eigenvalue weighted by Crippen LogP contribution is -2.25. The topological polar surface area (TPSA) is 102 Å². The third kappa shape index (κ3) is 3.88. The number of benzene rings is 2. The Kier molecular flexibility index (Phi) is 5.44. The van der Waals surface area contributed by atoms with Crippen LogP contribution in [0.2, 0.25) is 0 Å². The first-order chi connectivity index (χ1) is 13.2. The Morgan fingerprint density at radius 3 is 2.43 bits per heavy atom. The molecule has 0 bridgehead atoms. The van der Waals surface area contributed by atoms with Crippen LogP contribution in [0.15, 0.2) is 41.3 Å². The average Bonchev–Trinajstić information content (AvgIpc) is 3.01. The van der Waals surface area contributed by atoms with Gasteiger partial charge in [-0.1, -0.05) is 6.07 Å². The van der Waals surface area contributed by atoms with Crippen molar-refractivity contribution in [2.24, 2.45) is 0 Å². The number of nitrogens with zero attached hydrogens (tertiary/aromatic N) is 1. The summed E-state index contributed by atoms with van der Waals surface area (Å²) in [6.45, 7) is 2.12. The van der Waals surface area contributed by atoms with Gasteiger partial charge in [-0.25, -0.2) is 16.8 Å². The van der Waals surface area contributed by atoms with Gasteiger partial charge >= 0.3 is 0 Å². The van der Waals surface area contributed by atoms with E-state index in [2.05, 4.69) is 4.72 Å². The van der Waals surface area contributed by atoms with Gasteiger partial charge in [0.05, 0.1) is 31.3 Å². The van der Waals surface area contributed by atoms with Crippen LogP contribution in [-0.4, -0.2) is 43.4 Å². The SMILES string of the molecule is COc1ccc(S(=O)(=O)Nc2cc(N3CCCS3(=O)=O)ccc2C)c(OC)c1. The van der Waals surface area contributed by atoms with Crippen molar-refractivity contribution in [2.45, 2.75) is 18.2 Å². The molecular formula is C18H22N2O6S2. The van der Waals surface area contributed by atoms with Crippen LogP contribution in [0.3, 0.4) is 0 Å². The zero-order valence-corrected chi connectivity index (χ0v) is 17.4. The molecule has 0 saturated carbocycles. The molecule has 1 heterocycles. The van der Waals surface area contributed by atoms with Gasteiger partial charge in [0.15, 0.2) is 0 Å². The van der Waals surface area contributed by atoms with E-state index in [4.69, 9.17) is 9.47 Å². The maximum Gasteiger partial charge on any atom is 0.265 e. The number of anilines is 2. The van der Waals surface area contributed by atoms with Crippen molar-refractivity contribution in [3.63, 3.8) is 0 Å². The van der Waals surface area contributed by atoms with E-state index in [1.54, 1.807) is 19.1 Å². The summed E-state index contributed by atoms with van der Waals surface area (Å²) < 4.78 is 64.3. The lowest BCUT2D eigenvalue weighted by atomic mass is 10.2. The molecule has 3 rings (SSSR count). The van der Waals surface area contributed by atoms with Crippen LogP contribution in [0.25, 0.3) is 0 Å². The van der Waals surface area contributed by atoms with Crippen LogP contribution in [0.5, 0.6) is 11.5 Å². The third-order valence-corrected chi connectivity index (χ3v) is 7.79. The van der Waals surface area contributed by atoms with Crippen LogP contribution in [0, 0.1) is 6.92 Å². The van der Waals surface area contributed by atoms with Gasteiger partial charge in [-0.2, -0.15) is 0 Å². The number of nitrogens with one attached hydrogen (secondary N) is 1. The summed E-state index contributed by atoms with van der Waals surface area (Å²) in [4.78, 5) is -0.0469. The molecule has 28 heavy (non-hydrogen) atoms. The molecule has 152 valence electrons. The predicted octanol–water partition coefficient (Wildman–Crippen LogP) is 2.35. The predicted molar refractivity (Wildman–Crippen MR) is 107 cm³/mol. The summed E-state index contributed by atoms with van der Waals surface area (Å²) in [6, 6.07) is 9.29. The summed E-state index contributed by atoms with van der Waals surface area (Å²) in [5.41, 5.74) is 1.40. The van der Waals surface area contributed by atoms with Gasteiger partial charge in [0.1, 0.15) is 16.4 Å². The van der Waals surface area contributed by atoms with Gasteiger partial charge in [-0.15, -0.1) is 0 Å². The van der Waals surface area contributed by atoms with Crippen LogP contribution in [-0.2, 0) is 20.0 Å². The summed E-state index contributed by atoms with van der Waals surface area (Å²) in [6.07, 6.45) is 0.542. The van der Waals surface area contributed by atoms with Gasteiger partial charge in [-0.05, 0) is 43.2 Å². The Morgan fingerprint density at radius 2 is 1.82 bits per heavy atom. The molecule has 0 spiro atoms. The molecule has 10 heteroatoms. The van der Waals surface area contributed by atoms with Crippen molar-refractivity contribution in [2.75, 3.05) is 35.5 Å². The highest BCUT2D eigenvalue weighted by Crippen LogP contribution is 2.33. The molecule has 0 radical (unpaired) electrons. The van der Waals surface area contributed by atoms with E-state index in [9.17, 15) is 16.8 Å². The fourth-order valence-corrected chi connectivity index (χ4v) is 5.83. The van der Waals surface area contributed by atoms with Crippen molar-refractivity contribution in [3.05, 3.63) is 42.0 Å². The van der Waals surface area contributed by atoms with Crippen molar-refractivity contribution in [1.29, 1.82) is 0 Å². The van der Waals surface area contributed by atoms with E-state index in [1.807, 2.05) is 0 Å². The second-order valence-electron chi connectivity index (χ2n) is 6.36. The Hall–Kier alpha value is -2.46. The van der Waals surface area contributed by atoms with Crippen LogP contribution in [0.1, 0.15) is 12.0 Å². The smallest absolute Gasteiger partial charge is 0.265 e. The minimum atomic E-state index is -3.97. The second kappa shape index (κ2) is 7.51. The van der Waals surface area contributed by atoms with E-state index in [-0.39, 0.29) is 16.4 Å². The summed E-state index contributed by atoms with van der Waals surface area (Å²) in [5.74, 6) is 0.696. The highest BCUT2D eigenvalue weighted by Gasteiger charge is 2.29. The second-order valence-corrected chi connectivity index (χ2v) is 10.0. The van der Waals surface area contributed by atoms with E-state index < -0.39 is 20.0 Å². The molecule has 1 aliphatic rings. The largest absolute Gasteiger partial charge is 0.497 e. The first-order valence-electron chi connectivity index (χ1n) is 8.54. The zero-order valence-electron chi connectivity index (χ0n) is 15.8. The van der Waals surface area contributed by atoms with Gasteiger partial charge in [0, 0.05) is 12.6 Å². The van der Waals surface area contributed by atoms with Crippen LogP contribution in [0.4, 0.5) is 11.4 Å². The Labute approximate surface area is 165 Å². The Bertz CT molecular complexity index is 1100. The van der Waals surface area contributed by atoms with Gasteiger partial charge in [0.25, 0.3) is 10.0 Å². The van der Waals surface area contributed by atoms with Gasteiger partial charge in [-0.3, -0.25) is 9.03 Å². The minimum absolute atomic E-state index is 0.0469. The van der Waals surface area contributed by atoms with Gasteiger partial charge < -0.3 is 9.47 Å². The Balaban J connectivity index is 1.98. The van der Waals surface area contributed by atoms with E-state index in [0.29, 0.717) is 35.7 Å². The molecule has 2 aromatic rings. The van der Waals surface area contributed by atoms with E-state index in [0.717, 1.165) is 0 Å². The molecule has 0 aliphatic carbocycles. The number of hydrogen-bond donors (Lipinski definition) is 1. The van der Waals surface area contributed by atoms with Crippen molar-refractivity contribution in [1.82, 2.24) is 0 Å². The Morgan fingerprint density at radius 1 is 1.07 bits per heavy atom. The monoisotopic (exact) mass is 426 g/mol. The number of ether oxygens (including phenoxy) is 2. The van der Waals surface area contributed by atoms with Gasteiger partial charge in [0.2, 0.25) is 10.0 Å². The molecular weight excluding hydrogens is 404 g/mol. The van der Waals surface area contributed by atoms with Crippen molar-refractivity contribution >= 4 is 31.4 Å². The first kappa shape index (κ1) is 20.3. The fourth-order valence-electron chi connectivity index (χ4n) is 3.00. The standard InChI is InChI=1S/C18H22N2O6S2/c1-13-5-6-14(20-9-4-10-27(20,21)22)11-16(13)19-28(23,24)18-8-7-15(25-2)12-17(18)26-3/h5-8,11-12,19H,4,9-10H2,1-3H3.